The number of hydrogen-bond donors (Lipinski definition) is 6. The molecule has 4 unspecified atom stereocenters. The lowest BCUT2D eigenvalue weighted by Crippen LogP contribution is -2.52. The molecule has 0 bridgehead atoms. The highest BCUT2D eigenvalue weighted by atomic mass is 16.7. The number of esters is 1. The van der Waals surface area contributed by atoms with E-state index >= 15 is 0 Å². The number of benzene rings is 1. The Hall–Kier alpha value is -3.75. The number of ether oxygens (including phenoxy) is 3. The predicted molar refractivity (Wildman–Crippen MR) is 155 cm³/mol. The monoisotopic (exact) mass is 608 g/mol. The summed E-state index contributed by atoms with van der Waals surface area (Å²) < 4.78 is 16.6. The highest BCUT2D eigenvalue weighted by Crippen LogP contribution is 2.31. The minimum absolute atomic E-state index is 0.0191. The van der Waals surface area contributed by atoms with E-state index in [9.17, 15) is 34.2 Å². The zero-order valence-corrected chi connectivity index (χ0v) is 25.5. The summed E-state index contributed by atoms with van der Waals surface area (Å²) in [5.41, 5.74) is 0.686. The highest BCUT2D eigenvalue weighted by Gasteiger charge is 2.34. The molecular formula is C29H44N4O10. The van der Waals surface area contributed by atoms with Crippen LogP contribution in [0.3, 0.4) is 0 Å². The van der Waals surface area contributed by atoms with Crippen LogP contribution in [0.15, 0.2) is 18.2 Å². The van der Waals surface area contributed by atoms with Gasteiger partial charge >= 0.3 is 11.9 Å². The van der Waals surface area contributed by atoms with Crippen LogP contribution in [0.2, 0.25) is 0 Å². The Morgan fingerprint density at radius 1 is 1.00 bits per heavy atom. The number of carbonyl (C=O) groups is 5. The number of nitrogens with one attached hydrogen (secondary N) is 4. The van der Waals surface area contributed by atoms with Crippen LogP contribution in [0.4, 0.5) is 5.69 Å². The van der Waals surface area contributed by atoms with Crippen molar-refractivity contribution in [1.29, 1.82) is 0 Å². The molecule has 1 aromatic rings. The first kappa shape index (κ1) is 35.4. The molecule has 240 valence electrons. The number of anilines is 1. The van der Waals surface area contributed by atoms with Crippen LogP contribution < -0.4 is 26.0 Å². The van der Waals surface area contributed by atoms with Crippen LogP contribution in [-0.2, 0) is 40.1 Å². The van der Waals surface area contributed by atoms with Gasteiger partial charge in [0.05, 0.1) is 30.8 Å². The molecule has 14 heteroatoms. The average molecular weight is 609 g/mol. The number of aliphatic carboxylic acids is 1. The minimum Gasteiger partial charge on any atom is -0.479 e. The van der Waals surface area contributed by atoms with Crippen molar-refractivity contribution in [2.24, 2.45) is 11.8 Å². The summed E-state index contributed by atoms with van der Waals surface area (Å²) in [6, 6.07) is 3.82. The van der Waals surface area contributed by atoms with Crippen LogP contribution in [0, 0.1) is 11.8 Å². The maximum atomic E-state index is 12.8. The fourth-order valence-electron chi connectivity index (χ4n) is 3.94. The van der Waals surface area contributed by atoms with E-state index in [1.807, 2.05) is 13.8 Å². The largest absolute Gasteiger partial charge is 0.479 e. The predicted octanol–water partition coefficient (Wildman–Crippen LogP) is 0.909. The number of hydrogen-bond acceptors (Lipinski definition) is 10. The molecule has 3 amide bonds. The Kier molecular flexibility index (Phi) is 13.8. The summed E-state index contributed by atoms with van der Waals surface area (Å²) in [5, 5.41) is 30.3. The molecule has 1 aliphatic rings. The van der Waals surface area contributed by atoms with E-state index in [4.69, 9.17) is 14.2 Å². The second-order valence-electron chi connectivity index (χ2n) is 11.3. The van der Waals surface area contributed by atoms with Crippen molar-refractivity contribution in [1.82, 2.24) is 16.0 Å². The first-order chi connectivity index (χ1) is 20.2. The van der Waals surface area contributed by atoms with Crippen molar-refractivity contribution >= 4 is 35.3 Å². The zero-order valence-electron chi connectivity index (χ0n) is 25.5. The third-order valence-electron chi connectivity index (χ3n) is 6.33. The third-order valence-corrected chi connectivity index (χ3v) is 6.33. The molecule has 1 fully saturated rings. The fraction of sp³-hybridized carbons (Fsp3) is 0.621. The van der Waals surface area contributed by atoms with E-state index in [-0.39, 0.29) is 61.2 Å². The molecule has 0 aromatic heterocycles. The Bertz CT molecular complexity index is 1140. The number of rotatable bonds is 15. The van der Waals surface area contributed by atoms with Crippen molar-refractivity contribution in [2.45, 2.75) is 91.6 Å². The van der Waals surface area contributed by atoms with Crippen LogP contribution in [0.1, 0.15) is 59.9 Å². The van der Waals surface area contributed by atoms with Crippen molar-refractivity contribution in [3.63, 3.8) is 0 Å². The Morgan fingerprint density at radius 3 is 2.30 bits per heavy atom. The van der Waals surface area contributed by atoms with Crippen molar-refractivity contribution in [3.05, 3.63) is 23.8 Å². The molecule has 0 radical (unpaired) electrons. The molecule has 4 atom stereocenters. The fourth-order valence-corrected chi connectivity index (χ4v) is 3.94. The molecule has 0 aliphatic carbocycles. The van der Waals surface area contributed by atoms with Gasteiger partial charge in [-0.25, -0.2) is 4.79 Å². The van der Waals surface area contributed by atoms with Gasteiger partial charge in [0.15, 0.2) is 6.10 Å². The van der Waals surface area contributed by atoms with Gasteiger partial charge in [-0.1, -0.05) is 47.6 Å². The van der Waals surface area contributed by atoms with Crippen molar-refractivity contribution in [3.8, 4) is 5.75 Å². The van der Waals surface area contributed by atoms with Gasteiger partial charge in [0.1, 0.15) is 18.4 Å². The van der Waals surface area contributed by atoms with E-state index in [1.165, 1.54) is 12.1 Å². The molecular weight excluding hydrogens is 564 g/mol. The topological polar surface area (TPSA) is 202 Å². The van der Waals surface area contributed by atoms with Crippen molar-refractivity contribution in [2.75, 3.05) is 18.4 Å². The molecule has 6 N–H and O–H groups in total. The molecule has 1 saturated heterocycles. The van der Waals surface area contributed by atoms with E-state index in [1.54, 1.807) is 33.8 Å². The zero-order chi connectivity index (χ0) is 32.3. The first-order valence-electron chi connectivity index (χ1n) is 14.3. The van der Waals surface area contributed by atoms with E-state index in [0.29, 0.717) is 5.56 Å². The molecule has 0 saturated carbocycles. The number of amides is 3. The van der Waals surface area contributed by atoms with Crippen LogP contribution in [-0.4, -0.2) is 83.5 Å². The van der Waals surface area contributed by atoms with Crippen LogP contribution in [0.5, 0.6) is 5.75 Å². The lowest BCUT2D eigenvalue weighted by Gasteiger charge is -2.31. The number of carbonyl (C=O) groups excluding carboxylic acids is 4. The van der Waals surface area contributed by atoms with Gasteiger partial charge in [-0.2, -0.15) is 0 Å². The lowest BCUT2D eigenvalue weighted by molar-refractivity contribution is -0.195. The average Bonchev–Trinajstić information content (AvgIpc) is 2.92. The van der Waals surface area contributed by atoms with Gasteiger partial charge in [0.25, 0.3) is 0 Å². The van der Waals surface area contributed by atoms with Gasteiger partial charge in [-0.15, -0.1) is 0 Å². The van der Waals surface area contributed by atoms with E-state index < -0.39 is 54.8 Å². The highest BCUT2D eigenvalue weighted by molar-refractivity contribution is 5.97. The lowest BCUT2D eigenvalue weighted by atomic mass is 10.0. The quantitative estimate of drug-likeness (QED) is 0.155. The number of aliphatic hydroxyl groups is 1. The molecule has 2 rings (SSSR count). The Morgan fingerprint density at radius 2 is 1.70 bits per heavy atom. The van der Waals surface area contributed by atoms with E-state index in [0.717, 1.165) is 0 Å². The number of carboxylic acid groups (broad SMARTS) is 1. The minimum atomic E-state index is -1.28. The van der Waals surface area contributed by atoms with Gasteiger partial charge in [-0.3, -0.25) is 19.2 Å². The normalized spacial score (nSPS) is 19.1. The molecule has 1 aliphatic heterocycles. The first-order valence-corrected chi connectivity index (χ1v) is 14.3. The van der Waals surface area contributed by atoms with E-state index in [2.05, 4.69) is 21.3 Å². The summed E-state index contributed by atoms with van der Waals surface area (Å²) in [6.07, 6.45) is -3.54. The summed E-state index contributed by atoms with van der Waals surface area (Å²) >= 11 is 0. The SMILES string of the molecule is CC(C)NCC(=O)NC(C(=O)NCC(=O)Nc1ccc(COC(=O)C(C)C)cc1OC1CC(O)CC(C(=O)O)O1)C(C)C. The van der Waals surface area contributed by atoms with Crippen LogP contribution >= 0.6 is 0 Å². The summed E-state index contributed by atoms with van der Waals surface area (Å²) in [4.78, 5) is 61.2. The second-order valence-corrected chi connectivity index (χ2v) is 11.3. The van der Waals surface area contributed by atoms with Gasteiger partial charge in [0, 0.05) is 18.9 Å². The smallest absolute Gasteiger partial charge is 0.333 e. The Labute approximate surface area is 251 Å². The van der Waals surface area contributed by atoms with Crippen molar-refractivity contribution < 1.29 is 48.4 Å². The second kappa shape index (κ2) is 16.8. The maximum absolute atomic E-state index is 12.8. The van der Waals surface area contributed by atoms with Crippen LogP contribution in [0.25, 0.3) is 0 Å². The summed E-state index contributed by atoms with van der Waals surface area (Å²) in [5.74, 6) is -3.67. The Balaban J connectivity index is 2.13. The third kappa shape index (κ3) is 12.2. The summed E-state index contributed by atoms with van der Waals surface area (Å²) in [6.45, 7) is 10.2. The molecule has 1 heterocycles. The molecule has 14 nitrogen and oxygen atoms in total. The number of aliphatic hydroxyl groups excluding tert-OH is 1. The maximum Gasteiger partial charge on any atom is 0.333 e. The van der Waals surface area contributed by atoms with Gasteiger partial charge in [0.2, 0.25) is 24.0 Å². The molecule has 0 spiro atoms. The standard InChI is InChI=1S/C29H44N4O10/c1-15(2)26(33-24(36)12-30-17(5)6)27(37)31-13-23(35)32-20-8-7-18(14-41-29(40)16(3)4)9-21(20)42-25-11-19(34)10-22(43-25)28(38)39/h7-9,15-17,19,22,25-26,30,34H,10-14H2,1-6H3,(H,31,37)(H,32,35)(H,33,36)(H,38,39). The number of carboxylic acids is 1. The van der Waals surface area contributed by atoms with Gasteiger partial charge in [-0.05, 0) is 23.6 Å². The van der Waals surface area contributed by atoms with Gasteiger partial charge < -0.3 is 45.7 Å². The molecule has 43 heavy (non-hydrogen) atoms. The molecule has 1 aromatic carbocycles. The summed E-state index contributed by atoms with van der Waals surface area (Å²) in [7, 11) is 0.